The maximum Gasteiger partial charge on any atom is 0.153 e. The van der Waals surface area contributed by atoms with Crippen LogP contribution in [0.4, 0.5) is 0 Å². The Bertz CT molecular complexity index is 276. The summed E-state index contributed by atoms with van der Waals surface area (Å²) in [5.74, 6) is 0. The van der Waals surface area contributed by atoms with Crippen LogP contribution in [0.2, 0.25) is 0 Å². The van der Waals surface area contributed by atoms with Gasteiger partial charge in [0.15, 0.2) is 6.29 Å². The van der Waals surface area contributed by atoms with Gasteiger partial charge in [0, 0.05) is 12.2 Å². The molecule has 0 fully saturated rings. The highest BCUT2D eigenvalue weighted by atomic mass is 16.1. The predicted octanol–water partition coefficient (Wildman–Crippen LogP) is 1.33. The average Bonchev–Trinajstić information content (AvgIpc) is 2.26. The quantitative estimate of drug-likeness (QED) is 0.599. The number of hydrogen-bond acceptors (Lipinski definition) is 2. The number of carbonyl (C=O) groups excluding carboxylic acids is 1. The van der Waals surface area contributed by atoms with E-state index in [9.17, 15) is 4.79 Å². The molecule has 0 radical (unpaired) electrons. The third kappa shape index (κ3) is 1.18. The van der Waals surface area contributed by atoms with E-state index in [1.54, 1.807) is 0 Å². The van der Waals surface area contributed by atoms with E-state index in [0.29, 0.717) is 0 Å². The van der Waals surface area contributed by atoms with Crippen molar-refractivity contribution in [1.29, 1.82) is 0 Å². The van der Waals surface area contributed by atoms with Crippen molar-refractivity contribution in [1.82, 2.24) is 9.78 Å². The number of aldehydes is 1. The van der Waals surface area contributed by atoms with Gasteiger partial charge in [-0.2, -0.15) is 5.10 Å². The fraction of sp³-hybridized carbons (Fsp3) is 0.500. The van der Waals surface area contributed by atoms with E-state index >= 15 is 0 Å². The molecule has 3 nitrogen and oxygen atoms in total. The van der Waals surface area contributed by atoms with E-state index < -0.39 is 0 Å². The summed E-state index contributed by atoms with van der Waals surface area (Å²) in [6.45, 7) is 6.59. The van der Waals surface area contributed by atoms with Gasteiger partial charge in [-0.15, -0.1) is 0 Å². The van der Waals surface area contributed by atoms with Gasteiger partial charge in [0.25, 0.3) is 0 Å². The lowest BCUT2D eigenvalue weighted by atomic mass is 10.2. The first kappa shape index (κ1) is 7.98. The van der Waals surface area contributed by atoms with Crippen molar-refractivity contribution < 1.29 is 4.79 Å². The Labute approximate surface area is 66.0 Å². The fourth-order valence-corrected chi connectivity index (χ4v) is 1.19. The lowest BCUT2D eigenvalue weighted by Crippen LogP contribution is -1.98. The Morgan fingerprint density at radius 2 is 2.18 bits per heavy atom. The number of rotatable bonds is 2. The monoisotopic (exact) mass is 152 g/mol. The molecule has 60 valence electrons. The second kappa shape index (κ2) is 2.86. The number of aromatic nitrogens is 2. The molecule has 0 aromatic carbocycles. The molecule has 0 atom stereocenters. The van der Waals surface area contributed by atoms with E-state index in [2.05, 4.69) is 5.10 Å². The van der Waals surface area contributed by atoms with Crippen LogP contribution in [-0.4, -0.2) is 16.1 Å². The minimum absolute atomic E-state index is 0.729. The molecular formula is C8H12N2O. The van der Waals surface area contributed by atoms with Gasteiger partial charge >= 0.3 is 0 Å². The summed E-state index contributed by atoms with van der Waals surface area (Å²) < 4.78 is 1.83. The van der Waals surface area contributed by atoms with E-state index in [4.69, 9.17) is 0 Å². The molecule has 0 N–H and O–H groups in total. The highest BCUT2D eigenvalue weighted by Crippen LogP contribution is 2.09. The van der Waals surface area contributed by atoms with Gasteiger partial charge < -0.3 is 0 Å². The van der Waals surface area contributed by atoms with E-state index in [-0.39, 0.29) is 0 Å². The zero-order valence-corrected chi connectivity index (χ0v) is 7.09. The maximum absolute atomic E-state index is 10.5. The molecular weight excluding hydrogens is 140 g/mol. The van der Waals surface area contributed by atoms with Crippen LogP contribution in [0.15, 0.2) is 0 Å². The molecule has 1 aromatic rings. The third-order valence-electron chi connectivity index (χ3n) is 1.85. The van der Waals surface area contributed by atoms with Crippen LogP contribution in [0.1, 0.15) is 28.7 Å². The molecule has 1 rings (SSSR count). The maximum atomic E-state index is 10.5. The summed E-state index contributed by atoms with van der Waals surface area (Å²) in [7, 11) is 0. The highest BCUT2D eigenvalue weighted by molar-refractivity contribution is 5.77. The van der Waals surface area contributed by atoms with Gasteiger partial charge in [-0.05, 0) is 20.8 Å². The van der Waals surface area contributed by atoms with Crippen molar-refractivity contribution in [3.05, 3.63) is 17.0 Å². The standard InChI is InChI=1S/C8H12N2O/c1-4-10-7(3)8(5-11)6(2)9-10/h5H,4H2,1-3H3. The largest absolute Gasteiger partial charge is 0.298 e. The Hall–Kier alpha value is -1.12. The first-order valence-corrected chi connectivity index (χ1v) is 3.69. The average molecular weight is 152 g/mol. The van der Waals surface area contributed by atoms with Crippen LogP contribution in [0.5, 0.6) is 0 Å². The molecule has 0 aliphatic heterocycles. The predicted molar refractivity (Wildman–Crippen MR) is 42.8 cm³/mol. The third-order valence-corrected chi connectivity index (χ3v) is 1.85. The first-order valence-electron chi connectivity index (χ1n) is 3.69. The van der Waals surface area contributed by atoms with Gasteiger partial charge in [-0.3, -0.25) is 9.48 Å². The minimum Gasteiger partial charge on any atom is -0.298 e. The fourth-order valence-electron chi connectivity index (χ4n) is 1.19. The highest BCUT2D eigenvalue weighted by Gasteiger charge is 2.07. The van der Waals surface area contributed by atoms with Crippen LogP contribution in [0.25, 0.3) is 0 Å². The SMILES string of the molecule is CCn1nc(C)c(C=O)c1C. The van der Waals surface area contributed by atoms with Gasteiger partial charge in [0.05, 0.1) is 11.3 Å². The van der Waals surface area contributed by atoms with Gasteiger partial charge in [-0.25, -0.2) is 0 Å². The molecule has 0 aliphatic carbocycles. The van der Waals surface area contributed by atoms with Crippen LogP contribution in [0, 0.1) is 13.8 Å². The van der Waals surface area contributed by atoms with Crippen molar-refractivity contribution >= 4 is 6.29 Å². The van der Waals surface area contributed by atoms with Crippen molar-refractivity contribution in [2.24, 2.45) is 0 Å². The zero-order chi connectivity index (χ0) is 8.43. The molecule has 0 saturated carbocycles. The molecule has 11 heavy (non-hydrogen) atoms. The summed E-state index contributed by atoms with van der Waals surface area (Å²) >= 11 is 0. The van der Waals surface area contributed by atoms with Gasteiger partial charge in [-0.1, -0.05) is 0 Å². The normalized spacial score (nSPS) is 10.1. The summed E-state index contributed by atoms with van der Waals surface area (Å²) in [6.07, 6.45) is 0.865. The summed E-state index contributed by atoms with van der Waals surface area (Å²) in [6, 6.07) is 0. The molecule has 1 aromatic heterocycles. The topological polar surface area (TPSA) is 34.9 Å². The van der Waals surface area contributed by atoms with E-state index in [1.165, 1.54) is 0 Å². The van der Waals surface area contributed by atoms with E-state index in [0.717, 1.165) is 29.8 Å². The number of hydrogen-bond donors (Lipinski definition) is 0. The smallest absolute Gasteiger partial charge is 0.153 e. The van der Waals surface area contributed by atoms with Gasteiger partial charge in [0.1, 0.15) is 0 Å². The Morgan fingerprint density at radius 1 is 1.55 bits per heavy atom. The minimum atomic E-state index is 0.729. The Balaban J connectivity index is 3.24. The summed E-state index contributed by atoms with van der Waals surface area (Å²) in [5, 5.41) is 4.18. The molecule has 0 amide bonds. The number of nitrogens with zero attached hydrogens (tertiary/aromatic N) is 2. The Kier molecular flexibility index (Phi) is 2.08. The summed E-state index contributed by atoms with van der Waals surface area (Å²) in [5.41, 5.74) is 2.51. The first-order chi connectivity index (χ1) is 5.20. The molecule has 1 heterocycles. The van der Waals surface area contributed by atoms with Crippen molar-refractivity contribution in [2.45, 2.75) is 27.3 Å². The van der Waals surface area contributed by atoms with Crippen molar-refractivity contribution in [3.8, 4) is 0 Å². The lowest BCUT2D eigenvalue weighted by molar-refractivity contribution is 0.112. The van der Waals surface area contributed by atoms with Gasteiger partial charge in [0.2, 0.25) is 0 Å². The van der Waals surface area contributed by atoms with Crippen LogP contribution in [-0.2, 0) is 6.54 Å². The lowest BCUT2D eigenvalue weighted by Gasteiger charge is -1.96. The summed E-state index contributed by atoms with van der Waals surface area (Å²) in [4.78, 5) is 10.5. The van der Waals surface area contributed by atoms with Crippen LogP contribution < -0.4 is 0 Å². The molecule has 0 aliphatic rings. The van der Waals surface area contributed by atoms with Crippen LogP contribution >= 0.6 is 0 Å². The molecule has 0 bridgehead atoms. The molecule has 0 unspecified atom stereocenters. The second-order valence-electron chi connectivity index (χ2n) is 2.52. The second-order valence-corrected chi connectivity index (χ2v) is 2.52. The van der Waals surface area contributed by atoms with Crippen molar-refractivity contribution in [3.63, 3.8) is 0 Å². The van der Waals surface area contributed by atoms with Crippen LogP contribution in [0.3, 0.4) is 0 Å². The Morgan fingerprint density at radius 3 is 2.45 bits per heavy atom. The van der Waals surface area contributed by atoms with Crippen molar-refractivity contribution in [2.75, 3.05) is 0 Å². The molecule has 0 spiro atoms. The molecule has 0 saturated heterocycles. The number of aryl methyl sites for hydroxylation is 2. The molecule has 3 heteroatoms. The van der Waals surface area contributed by atoms with E-state index in [1.807, 2.05) is 25.5 Å². The number of carbonyl (C=O) groups is 1. The zero-order valence-electron chi connectivity index (χ0n) is 7.09.